The number of imidazole rings is 1. The second-order valence-corrected chi connectivity index (χ2v) is 16.3. The van der Waals surface area contributed by atoms with Crippen LogP contribution in [0.25, 0.3) is 105 Å². The number of nitrogens with zero attached hydrogens (tertiary/aromatic N) is 2. The molecule has 0 spiro atoms. The number of rotatable bonds is 4. The molecule has 0 N–H and O–H groups in total. The molecule has 1 aliphatic rings. The number of para-hydroxylation sites is 3. The SMILES string of the molecule is CC1(C)c2ccccc2-c2cc3c(-c4cc5ccccc5c5ccccc45)c4ccccc4c(-c4cccc(-c5nc6ccccc6n5-c5ccccc5)c4)c3cc21. The topological polar surface area (TPSA) is 17.8 Å². The second kappa shape index (κ2) is 12.4. The molecule has 272 valence electrons. The highest BCUT2D eigenvalue weighted by molar-refractivity contribution is 6.26. The molecule has 0 radical (unpaired) electrons. The van der Waals surface area contributed by atoms with E-state index < -0.39 is 0 Å². The highest BCUT2D eigenvalue weighted by atomic mass is 15.1. The average Bonchev–Trinajstić information content (AvgIpc) is 3.77. The number of benzene rings is 10. The Balaban J connectivity index is 1.21. The van der Waals surface area contributed by atoms with E-state index in [0.29, 0.717) is 0 Å². The van der Waals surface area contributed by atoms with Crippen LogP contribution in [0, 0.1) is 0 Å². The standard InChI is InChI=1S/C56H38N2/c1-56(2)49-28-13-12-25-42(49)45-33-47-48(34-50(45)56)53(36-18-16-19-37(31-36)55-57-51-29-14-15-30-52(51)58(55)38-20-4-3-5-21-38)43-26-10-11-27-44(43)54(47)46-32-35-17-6-7-22-39(35)40-23-8-9-24-41(40)46/h3-34H,1-2H3. The normalized spacial score (nSPS) is 13.1. The summed E-state index contributed by atoms with van der Waals surface area (Å²) in [6.45, 7) is 4.77. The van der Waals surface area contributed by atoms with Gasteiger partial charge in [0.05, 0.1) is 11.0 Å². The van der Waals surface area contributed by atoms with Crippen LogP contribution in [-0.2, 0) is 5.41 Å². The fourth-order valence-corrected chi connectivity index (χ4v) is 10.1. The minimum atomic E-state index is -0.152. The average molecular weight is 739 g/mol. The van der Waals surface area contributed by atoms with Crippen LogP contribution in [0.1, 0.15) is 25.0 Å². The number of aromatic nitrogens is 2. The lowest BCUT2D eigenvalue weighted by Gasteiger charge is -2.24. The van der Waals surface area contributed by atoms with E-state index in [1.807, 2.05) is 0 Å². The van der Waals surface area contributed by atoms with Crippen molar-refractivity contribution in [3.05, 3.63) is 205 Å². The Labute approximate surface area is 337 Å². The molecule has 12 rings (SSSR count). The maximum absolute atomic E-state index is 5.28. The minimum absolute atomic E-state index is 0.152. The molecule has 0 bridgehead atoms. The molecule has 0 atom stereocenters. The smallest absolute Gasteiger partial charge is 0.145 e. The predicted molar refractivity (Wildman–Crippen MR) is 245 cm³/mol. The fraction of sp³-hybridized carbons (Fsp3) is 0.0536. The molecule has 1 aliphatic carbocycles. The fourth-order valence-electron chi connectivity index (χ4n) is 10.1. The lowest BCUT2D eigenvalue weighted by Crippen LogP contribution is -2.14. The van der Waals surface area contributed by atoms with E-state index in [1.54, 1.807) is 0 Å². The molecule has 0 fully saturated rings. The van der Waals surface area contributed by atoms with Gasteiger partial charge >= 0.3 is 0 Å². The van der Waals surface area contributed by atoms with Crippen LogP contribution >= 0.6 is 0 Å². The largest absolute Gasteiger partial charge is 0.292 e. The lowest BCUT2D eigenvalue weighted by atomic mass is 9.79. The maximum Gasteiger partial charge on any atom is 0.145 e. The van der Waals surface area contributed by atoms with Crippen LogP contribution in [0.15, 0.2) is 194 Å². The zero-order valence-corrected chi connectivity index (χ0v) is 32.4. The van der Waals surface area contributed by atoms with Gasteiger partial charge in [-0.2, -0.15) is 0 Å². The first kappa shape index (κ1) is 32.9. The van der Waals surface area contributed by atoms with E-state index in [4.69, 9.17) is 4.98 Å². The van der Waals surface area contributed by atoms with Gasteiger partial charge in [0.1, 0.15) is 5.82 Å². The Bertz CT molecular complexity index is 3480. The summed E-state index contributed by atoms with van der Waals surface area (Å²) in [6.07, 6.45) is 0. The summed E-state index contributed by atoms with van der Waals surface area (Å²) in [7, 11) is 0. The highest BCUT2D eigenvalue weighted by Gasteiger charge is 2.36. The second-order valence-electron chi connectivity index (χ2n) is 16.3. The zero-order chi connectivity index (χ0) is 38.5. The molecular formula is C56H38N2. The van der Waals surface area contributed by atoms with Gasteiger partial charge in [-0.05, 0) is 136 Å². The molecule has 58 heavy (non-hydrogen) atoms. The number of hydrogen-bond acceptors (Lipinski definition) is 1. The molecule has 11 aromatic rings. The molecule has 10 aromatic carbocycles. The third-order valence-electron chi connectivity index (χ3n) is 12.7. The van der Waals surface area contributed by atoms with E-state index in [9.17, 15) is 0 Å². The van der Waals surface area contributed by atoms with E-state index in [0.717, 1.165) is 28.1 Å². The van der Waals surface area contributed by atoms with Crippen molar-refractivity contribution in [1.82, 2.24) is 9.55 Å². The van der Waals surface area contributed by atoms with Gasteiger partial charge < -0.3 is 0 Å². The van der Waals surface area contributed by atoms with E-state index in [1.165, 1.54) is 87.6 Å². The van der Waals surface area contributed by atoms with Gasteiger partial charge in [-0.1, -0.05) is 159 Å². The molecule has 2 heteroatoms. The summed E-state index contributed by atoms with van der Waals surface area (Å²) in [4.78, 5) is 5.28. The molecular weight excluding hydrogens is 701 g/mol. The molecule has 1 heterocycles. The van der Waals surface area contributed by atoms with Crippen LogP contribution in [-0.4, -0.2) is 9.55 Å². The first-order chi connectivity index (χ1) is 28.5. The Morgan fingerprint density at radius 1 is 0.397 bits per heavy atom. The third kappa shape index (κ3) is 4.69. The molecule has 1 aromatic heterocycles. The van der Waals surface area contributed by atoms with Gasteiger partial charge in [0.2, 0.25) is 0 Å². The van der Waals surface area contributed by atoms with Gasteiger partial charge in [0.15, 0.2) is 0 Å². The van der Waals surface area contributed by atoms with Crippen LogP contribution in [0.3, 0.4) is 0 Å². The molecule has 0 aliphatic heterocycles. The number of fused-ring (bicyclic) bond motifs is 9. The summed E-state index contributed by atoms with van der Waals surface area (Å²) >= 11 is 0. The predicted octanol–water partition coefficient (Wildman–Crippen LogP) is 14.9. The Hall–Kier alpha value is -7.29. The quantitative estimate of drug-likeness (QED) is 0.130. The summed E-state index contributed by atoms with van der Waals surface area (Å²) < 4.78 is 2.30. The van der Waals surface area contributed by atoms with E-state index in [2.05, 4.69) is 213 Å². The van der Waals surface area contributed by atoms with Crippen molar-refractivity contribution in [1.29, 1.82) is 0 Å². The molecule has 0 amide bonds. The number of hydrogen-bond donors (Lipinski definition) is 0. The summed E-state index contributed by atoms with van der Waals surface area (Å²) in [5.74, 6) is 0.930. The third-order valence-corrected chi connectivity index (χ3v) is 12.7. The lowest BCUT2D eigenvalue weighted by molar-refractivity contribution is 0.661. The van der Waals surface area contributed by atoms with Crippen LogP contribution in [0.2, 0.25) is 0 Å². The van der Waals surface area contributed by atoms with Gasteiger partial charge in [0.25, 0.3) is 0 Å². The molecule has 0 saturated heterocycles. The van der Waals surface area contributed by atoms with Crippen molar-refractivity contribution in [2.24, 2.45) is 0 Å². The Morgan fingerprint density at radius 2 is 1.03 bits per heavy atom. The maximum atomic E-state index is 5.28. The minimum Gasteiger partial charge on any atom is -0.292 e. The van der Waals surface area contributed by atoms with Gasteiger partial charge in [0, 0.05) is 16.7 Å². The highest BCUT2D eigenvalue weighted by Crippen LogP contribution is 2.54. The van der Waals surface area contributed by atoms with Gasteiger partial charge in [-0.25, -0.2) is 4.98 Å². The van der Waals surface area contributed by atoms with E-state index in [-0.39, 0.29) is 5.41 Å². The summed E-state index contributed by atoms with van der Waals surface area (Å²) in [5.41, 5.74) is 14.5. The van der Waals surface area contributed by atoms with Crippen molar-refractivity contribution < 1.29 is 0 Å². The first-order valence-electron chi connectivity index (χ1n) is 20.2. The van der Waals surface area contributed by atoms with Gasteiger partial charge in [-0.15, -0.1) is 0 Å². The summed E-state index contributed by atoms with van der Waals surface area (Å²) in [6, 6.07) is 71.4. The van der Waals surface area contributed by atoms with Crippen LogP contribution in [0.4, 0.5) is 0 Å². The van der Waals surface area contributed by atoms with Crippen molar-refractivity contribution >= 4 is 54.1 Å². The molecule has 0 saturated carbocycles. The Morgan fingerprint density at radius 3 is 1.88 bits per heavy atom. The van der Waals surface area contributed by atoms with E-state index >= 15 is 0 Å². The zero-order valence-electron chi connectivity index (χ0n) is 32.4. The van der Waals surface area contributed by atoms with Crippen molar-refractivity contribution in [3.8, 4) is 50.5 Å². The van der Waals surface area contributed by atoms with Crippen LogP contribution < -0.4 is 0 Å². The Kier molecular flexibility index (Phi) is 7.01. The van der Waals surface area contributed by atoms with Gasteiger partial charge in [-0.3, -0.25) is 4.57 Å². The molecule has 0 unspecified atom stereocenters. The first-order valence-corrected chi connectivity index (χ1v) is 20.2. The van der Waals surface area contributed by atoms with Crippen molar-refractivity contribution in [3.63, 3.8) is 0 Å². The van der Waals surface area contributed by atoms with Crippen LogP contribution in [0.5, 0.6) is 0 Å². The molecule has 2 nitrogen and oxygen atoms in total. The van der Waals surface area contributed by atoms with Crippen molar-refractivity contribution in [2.75, 3.05) is 0 Å². The summed E-state index contributed by atoms with van der Waals surface area (Å²) in [5, 5.41) is 10.1. The monoisotopic (exact) mass is 738 g/mol. The van der Waals surface area contributed by atoms with Crippen molar-refractivity contribution in [2.45, 2.75) is 19.3 Å².